The van der Waals surface area contributed by atoms with Crippen LogP contribution >= 0.6 is 0 Å². The summed E-state index contributed by atoms with van der Waals surface area (Å²) in [4.78, 5) is 27.2. The van der Waals surface area contributed by atoms with Gasteiger partial charge >= 0.3 is 0 Å². The molecule has 3 aromatic carbocycles. The first-order valence-electron chi connectivity index (χ1n) is 10.2. The molecule has 0 spiro atoms. The van der Waals surface area contributed by atoms with Gasteiger partial charge in [-0.15, -0.1) is 0 Å². The molecule has 1 aliphatic heterocycles. The SMILES string of the molecule is NC(=O)[C@@H]1CN(C(=O)c2cc(-c3ccccc3)nn2-c2ccccc2)c2ccccc2O1. The largest absolute Gasteiger partial charge is 0.477 e. The van der Waals surface area contributed by atoms with Gasteiger partial charge in [-0.05, 0) is 30.3 Å². The predicted octanol–water partition coefficient (Wildman–Crippen LogP) is 3.43. The summed E-state index contributed by atoms with van der Waals surface area (Å²) in [5.41, 5.74) is 8.78. The number of primary amides is 1. The van der Waals surface area contributed by atoms with Gasteiger partial charge in [0.25, 0.3) is 11.8 Å². The van der Waals surface area contributed by atoms with Crippen molar-refractivity contribution in [3.8, 4) is 22.7 Å². The monoisotopic (exact) mass is 424 g/mol. The molecule has 1 aromatic heterocycles. The molecular weight excluding hydrogens is 404 g/mol. The molecule has 0 unspecified atom stereocenters. The number of ether oxygens (including phenoxy) is 1. The second-order valence-corrected chi connectivity index (χ2v) is 7.42. The number of benzene rings is 3. The summed E-state index contributed by atoms with van der Waals surface area (Å²) in [5, 5.41) is 4.72. The number of rotatable bonds is 4. The van der Waals surface area contributed by atoms with Gasteiger partial charge in [0.05, 0.1) is 23.6 Å². The highest BCUT2D eigenvalue weighted by Gasteiger charge is 2.34. The lowest BCUT2D eigenvalue weighted by Gasteiger charge is -2.33. The fourth-order valence-corrected chi connectivity index (χ4v) is 3.76. The van der Waals surface area contributed by atoms with Crippen LogP contribution in [-0.4, -0.2) is 34.2 Å². The van der Waals surface area contributed by atoms with Gasteiger partial charge in [-0.3, -0.25) is 14.5 Å². The highest BCUT2D eigenvalue weighted by molar-refractivity contribution is 6.07. The number of fused-ring (bicyclic) bond motifs is 1. The van der Waals surface area contributed by atoms with Gasteiger partial charge in [0.1, 0.15) is 11.4 Å². The Morgan fingerprint density at radius 2 is 1.56 bits per heavy atom. The van der Waals surface area contributed by atoms with Crippen LogP contribution in [0.25, 0.3) is 16.9 Å². The van der Waals surface area contributed by atoms with E-state index in [0.29, 0.717) is 22.8 Å². The Morgan fingerprint density at radius 3 is 2.28 bits per heavy atom. The number of anilines is 1. The smallest absolute Gasteiger partial charge is 0.277 e. The molecule has 2 heterocycles. The van der Waals surface area contributed by atoms with Crippen molar-refractivity contribution in [3.05, 3.63) is 96.7 Å². The molecule has 0 saturated carbocycles. The van der Waals surface area contributed by atoms with E-state index in [2.05, 4.69) is 0 Å². The summed E-state index contributed by atoms with van der Waals surface area (Å²) in [6, 6.07) is 28.0. The fraction of sp³-hybridized carbons (Fsp3) is 0.0800. The molecule has 32 heavy (non-hydrogen) atoms. The molecule has 5 rings (SSSR count). The Labute approximate surface area is 184 Å². The second-order valence-electron chi connectivity index (χ2n) is 7.42. The van der Waals surface area contributed by atoms with Gasteiger partial charge in [-0.25, -0.2) is 4.68 Å². The number of para-hydroxylation sites is 3. The molecule has 7 heteroatoms. The summed E-state index contributed by atoms with van der Waals surface area (Å²) in [7, 11) is 0. The number of nitrogens with zero attached hydrogens (tertiary/aromatic N) is 3. The van der Waals surface area contributed by atoms with Crippen LogP contribution in [0.5, 0.6) is 5.75 Å². The Hall–Kier alpha value is -4.39. The van der Waals surface area contributed by atoms with E-state index in [1.54, 1.807) is 28.9 Å². The molecule has 0 aliphatic carbocycles. The maximum absolute atomic E-state index is 13.8. The van der Waals surface area contributed by atoms with Crippen LogP contribution in [-0.2, 0) is 4.79 Å². The molecule has 7 nitrogen and oxygen atoms in total. The van der Waals surface area contributed by atoms with Crippen LogP contribution in [0.1, 0.15) is 10.5 Å². The summed E-state index contributed by atoms with van der Waals surface area (Å²) in [5.74, 6) is -0.491. The summed E-state index contributed by atoms with van der Waals surface area (Å²) in [6.07, 6.45) is -0.935. The Bertz CT molecular complexity index is 1290. The molecular formula is C25H20N4O3. The van der Waals surface area contributed by atoms with E-state index in [0.717, 1.165) is 11.3 Å². The Kier molecular flexibility index (Phi) is 4.91. The van der Waals surface area contributed by atoms with Gasteiger partial charge in [0.15, 0.2) is 6.10 Å². The highest BCUT2D eigenvalue weighted by atomic mass is 16.5. The average Bonchev–Trinajstić information content (AvgIpc) is 3.29. The van der Waals surface area contributed by atoms with Gasteiger partial charge in [-0.1, -0.05) is 60.7 Å². The lowest BCUT2D eigenvalue weighted by atomic mass is 10.1. The van der Waals surface area contributed by atoms with Gasteiger partial charge in [0, 0.05) is 5.56 Å². The molecule has 0 fully saturated rings. The van der Waals surface area contributed by atoms with Gasteiger partial charge in [-0.2, -0.15) is 5.10 Å². The van der Waals surface area contributed by atoms with Crippen molar-refractivity contribution >= 4 is 17.5 Å². The van der Waals surface area contributed by atoms with E-state index in [1.165, 1.54) is 4.90 Å². The number of aromatic nitrogens is 2. The molecule has 1 atom stereocenters. The Balaban J connectivity index is 1.63. The maximum atomic E-state index is 13.8. The van der Waals surface area contributed by atoms with Crippen LogP contribution in [0.2, 0.25) is 0 Å². The van der Waals surface area contributed by atoms with E-state index in [-0.39, 0.29) is 12.5 Å². The van der Waals surface area contributed by atoms with E-state index in [1.807, 2.05) is 66.7 Å². The number of nitrogens with two attached hydrogens (primary N) is 1. The minimum absolute atomic E-state index is 0.0197. The van der Waals surface area contributed by atoms with Crippen molar-refractivity contribution in [1.82, 2.24) is 9.78 Å². The topological polar surface area (TPSA) is 90.5 Å². The maximum Gasteiger partial charge on any atom is 0.277 e. The molecule has 2 amide bonds. The fourth-order valence-electron chi connectivity index (χ4n) is 3.76. The summed E-state index contributed by atoms with van der Waals surface area (Å²) < 4.78 is 7.34. The molecule has 158 valence electrons. The second kappa shape index (κ2) is 8.03. The number of carbonyl (C=O) groups excluding carboxylic acids is 2. The first-order valence-corrected chi connectivity index (χ1v) is 10.2. The lowest BCUT2D eigenvalue weighted by Crippen LogP contribution is -2.49. The van der Waals surface area contributed by atoms with Crippen LogP contribution < -0.4 is 15.4 Å². The van der Waals surface area contributed by atoms with Crippen molar-refractivity contribution in [1.29, 1.82) is 0 Å². The molecule has 1 aliphatic rings. The third kappa shape index (κ3) is 3.50. The zero-order valence-electron chi connectivity index (χ0n) is 17.1. The number of hydrogen-bond acceptors (Lipinski definition) is 4. The molecule has 2 N–H and O–H groups in total. The normalized spacial score (nSPS) is 15.0. The summed E-state index contributed by atoms with van der Waals surface area (Å²) in [6.45, 7) is 0.0197. The van der Waals surface area contributed by atoms with E-state index in [4.69, 9.17) is 15.6 Å². The average molecular weight is 424 g/mol. The van der Waals surface area contributed by atoms with Crippen molar-refractivity contribution < 1.29 is 14.3 Å². The van der Waals surface area contributed by atoms with Crippen LogP contribution in [0.15, 0.2) is 91.0 Å². The van der Waals surface area contributed by atoms with Crippen LogP contribution in [0.3, 0.4) is 0 Å². The third-order valence-corrected chi connectivity index (χ3v) is 5.33. The first kappa shape index (κ1) is 19.6. The van der Waals surface area contributed by atoms with Crippen molar-refractivity contribution in [2.75, 3.05) is 11.4 Å². The minimum atomic E-state index is -0.935. The van der Waals surface area contributed by atoms with Crippen molar-refractivity contribution in [2.24, 2.45) is 5.73 Å². The number of carbonyl (C=O) groups is 2. The lowest BCUT2D eigenvalue weighted by molar-refractivity contribution is -0.124. The first-order chi connectivity index (χ1) is 15.6. The van der Waals surface area contributed by atoms with Crippen LogP contribution in [0, 0.1) is 0 Å². The van der Waals surface area contributed by atoms with Crippen LogP contribution in [0.4, 0.5) is 5.69 Å². The number of amides is 2. The van der Waals surface area contributed by atoms with Crippen molar-refractivity contribution in [2.45, 2.75) is 6.10 Å². The third-order valence-electron chi connectivity index (χ3n) is 5.33. The molecule has 4 aromatic rings. The number of hydrogen-bond donors (Lipinski definition) is 1. The standard InChI is InChI=1S/C25H20N4O3/c26-24(30)23-16-28(20-13-7-8-14-22(20)32-23)25(31)21-15-19(17-9-3-1-4-10-17)27-29(21)18-11-5-2-6-12-18/h1-15,23H,16H2,(H2,26,30)/t23-/m0/s1. The zero-order chi connectivity index (χ0) is 22.1. The van der Waals surface area contributed by atoms with Gasteiger partial charge < -0.3 is 10.5 Å². The van der Waals surface area contributed by atoms with E-state index >= 15 is 0 Å². The zero-order valence-corrected chi connectivity index (χ0v) is 17.1. The quantitative estimate of drug-likeness (QED) is 0.543. The Morgan fingerprint density at radius 1 is 0.906 bits per heavy atom. The highest BCUT2D eigenvalue weighted by Crippen LogP contribution is 2.34. The van der Waals surface area contributed by atoms with E-state index in [9.17, 15) is 9.59 Å². The molecule has 0 radical (unpaired) electrons. The molecule has 0 saturated heterocycles. The predicted molar refractivity (Wildman–Crippen MR) is 121 cm³/mol. The molecule has 0 bridgehead atoms. The van der Waals surface area contributed by atoms with Gasteiger partial charge in [0.2, 0.25) is 0 Å². The van der Waals surface area contributed by atoms with E-state index < -0.39 is 12.0 Å². The van der Waals surface area contributed by atoms with Crippen molar-refractivity contribution in [3.63, 3.8) is 0 Å². The summed E-state index contributed by atoms with van der Waals surface area (Å²) >= 11 is 0. The minimum Gasteiger partial charge on any atom is -0.477 e.